The molecule has 0 unspecified atom stereocenters. The summed E-state index contributed by atoms with van der Waals surface area (Å²) in [6, 6.07) is 20.7. The van der Waals surface area contributed by atoms with Gasteiger partial charge in [-0.2, -0.15) is 0 Å². The summed E-state index contributed by atoms with van der Waals surface area (Å²) < 4.78 is 9.87. The van der Waals surface area contributed by atoms with Gasteiger partial charge < -0.3 is 36.7 Å². The SMILES string of the molecule is C.C1CCOC1.COC(=O)c1cc(Cc2cc(C(=O)NCc3c(C)cc(N)nc3C)ccn2)cc2cc(Cl)cnc12.Cc1cc(N)nc(C)c1CNC(=O)c1ccnc(Cc2cc(C(=O)O)c3ncc(Cl)cc3c2)c1. The lowest BCUT2D eigenvalue weighted by Crippen LogP contribution is -2.24. The first-order valence-corrected chi connectivity index (χ1v) is 24.2. The molecule has 0 aliphatic carbocycles. The third-order valence-corrected chi connectivity index (χ3v) is 12.4. The number of esters is 1. The average molecular weight is 1050 g/mol. The highest BCUT2D eigenvalue weighted by molar-refractivity contribution is 6.31. The Bertz CT molecular complexity index is 3370. The number of rotatable bonds is 12. The number of hydrogen-bond donors (Lipinski definition) is 5. The van der Waals surface area contributed by atoms with Gasteiger partial charge in [0.1, 0.15) is 11.6 Å². The van der Waals surface area contributed by atoms with E-state index < -0.39 is 11.9 Å². The van der Waals surface area contributed by atoms with Gasteiger partial charge in [-0.3, -0.25) is 29.5 Å². The van der Waals surface area contributed by atoms with Crippen LogP contribution in [0, 0.1) is 27.7 Å². The van der Waals surface area contributed by atoms with Gasteiger partial charge in [0.15, 0.2) is 0 Å². The fourth-order valence-corrected chi connectivity index (χ4v) is 8.75. The van der Waals surface area contributed by atoms with E-state index in [2.05, 4.69) is 40.5 Å². The molecule has 0 atom stereocenters. The van der Waals surface area contributed by atoms with Crippen LogP contribution in [0.25, 0.3) is 21.8 Å². The second-order valence-corrected chi connectivity index (χ2v) is 18.4. The molecule has 1 fully saturated rings. The number of nitrogen functional groups attached to an aromatic ring is 2. The summed E-state index contributed by atoms with van der Waals surface area (Å²) in [7, 11) is 1.32. The molecule has 1 saturated heterocycles. The Morgan fingerprint density at radius 1 is 0.640 bits per heavy atom. The minimum absolute atomic E-state index is 0. The number of aromatic carboxylic acids is 1. The molecule has 2 aromatic carbocycles. The normalized spacial score (nSPS) is 11.6. The zero-order valence-corrected chi connectivity index (χ0v) is 42.9. The number of nitrogens with one attached hydrogen (secondary N) is 2. The standard InChI is InChI=1S/C26H24ClN5O3.C25H22ClN5O3.C4H8O.CH4/c1-14-6-23(28)32-15(2)22(14)13-31-25(33)17-4-5-29-20(11-17)8-16-7-18-10-19(27)12-30-24(18)21(9-16)26(34)35-3;1-13-5-22(27)31-14(2)21(13)12-30-24(32)16-3-4-28-19(10-16)7-15-6-17-9-18(26)11-29-23(17)20(8-15)25(33)34;1-2-4-5-3-1;/h4-7,9-12H,8,13H2,1-3H3,(H2,28,32)(H,31,33);3-6,8-11H,7,12H2,1-2H3,(H2,27,31)(H,30,32)(H,33,34);1-4H2;1H4. The maximum absolute atomic E-state index is 12.8. The van der Waals surface area contributed by atoms with Gasteiger partial charge in [-0.15, -0.1) is 0 Å². The molecule has 1 aliphatic heterocycles. The maximum atomic E-state index is 12.8. The fourth-order valence-electron chi connectivity index (χ4n) is 8.42. The van der Waals surface area contributed by atoms with Crippen molar-refractivity contribution in [3.8, 4) is 0 Å². The van der Waals surface area contributed by atoms with Crippen LogP contribution in [0.5, 0.6) is 0 Å². The van der Waals surface area contributed by atoms with Crippen LogP contribution in [0.4, 0.5) is 11.6 Å². The van der Waals surface area contributed by atoms with Gasteiger partial charge in [0.2, 0.25) is 0 Å². The summed E-state index contributed by atoms with van der Waals surface area (Å²) in [5.41, 5.74) is 21.9. The Balaban J connectivity index is 0.000000220. The number of carbonyl (C=O) groups is 4. The molecule has 388 valence electrons. The number of carboxylic acid groups (broad SMARTS) is 1. The number of nitrogens with zero attached hydrogens (tertiary/aromatic N) is 6. The molecule has 2 amide bonds. The van der Waals surface area contributed by atoms with Crippen molar-refractivity contribution in [1.82, 2.24) is 40.5 Å². The van der Waals surface area contributed by atoms with Crippen LogP contribution >= 0.6 is 23.2 Å². The fraction of sp³-hybridized carbons (Fsp3) is 0.250. The highest BCUT2D eigenvalue weighted by Gasteiger charge is 2.18. The molecule has 1 aliphatic rings. The highest BCUT2D eigenvalue weighted by Crippen LogP contribution is 2.26. The zero-order chi connectivity index (χ0) is 53.1. The van der Waals surface area contributed by atoms with Gasteiger partial charge in [0, 0.05) is 109 Å². The van der Waals surface area contributed by atoms with Crippen molar-refractivity contribution in [3.63, 3.8) is 0 Å². The molecule has 7 N–H and O–H groups in total. The number of carboxylic acids is 1. The van der Waals surface area contributed by atoms with Gasteiger partial charge >= 0.3 is 11.9 Å². The summed E-state index contributed by atoms with van der Waals surface area (Å²) in [4.78, 5) is 75.4. The minimum atomic E-state index is -1.08. The number of pyridine rings is 6. The zero-order valence-electron chi connectivity index (χ0n) is 41.4. The van der Waals surface area contributed by atoms with Crippen LogP contribution in [0.15, 0.2) is 97.6 Å². The van der Waals surface area contributed by atoms with Gasteiger partial charge in [-0.1, -0.05) is 30.6 Å². The number of aryl methyl sites for hydroxylation is 4. The van der Waals surface area contributed by atoms with Crippen molar-refractivity contribution in [2.24, 2.45) is 0 Å². The lowest BCUT2D eigenvalue weighted by Gasteiger charge is -2.12. The Labute approximate surface area is 444 Å². The molecule has 0 saturated carbocycles. The molecule has 7 heterocycles. The van der Waals surface area contributed by atoms with Crippen LogP contribution in [0.2, 0.25) is 10.0 Å². The first-order valence-electron chi connectivity index (χ1n) is 23.4. The van der Waals surface area contributed by atoms with Gasteiger partial charge in [-0.05, 0) is 147 Å². The number of amides is 2. The first kappa shape index (κ1) is 56.2. The third-order valence-electron chi connectivity index (χ3n) is 12.0. The Hall–Kier alpha value is -8.12. The van der Waals surface area contributed by atoms with E-state index >= 15 is 0 Å². The smallest absolute Gasteiger partial charge is 0.340 e. The quantitative estimate of drug-likeness (QED) is 0.0713. The van der Waals surface area contributed by atoms with Crippen LogP contribution in [0.3, 0.4) is 0 Å². The predicted molar refractivity (Wildman–Crippen MR) is 291 cm³/mol. The topological polar surface area (TPSA) is 260 Å². The summed E-state index contributed by atoms with van der Waals surface area (Å²) in [6.45, 7) is 10.2. The average Bonchev–Trinajstić information content (AvgIpc) is 3.96. The number of methoxy groups -OCH3 is 1. The summed E-state index contributed by atoms with van der Waals surface area (Å²) in [6.07, 6.45) is 9.35. The molecule has 0 bridgehead atoms. The molecule has 6 aromatic heterocycles. The molecule has 0 radical (unpaired) electrons. The van der Waals surface area contributed by atoms with E-state index in [4.69, 9.17) is 44.1 Å². The van der Waals surface area contributed by atoms with E-state index in [-0.39, 0.29) is 24.8 Å². The van der Waals surface area contributed by atoms with Gasteiger partial charge in [-0.25, -0.2) is 19.6 Å². The molecule has 9 rings (SSSR count). The van der Waals surface area contributed by atoms with E-state index in [1.54, 1.807) is 73.1 Å². The van der Waals surface area contributed by atoms with Gasteiger partial charge in [0.05, 0.1) is 39.3 Å². The number of hydrogen-bond acceptors (Lipinski definition) is 14. The number of nitrogens with two attached hydrogens (primary N) is 2. The van der Waals surface area contributed by atoms with Crippen LogP contribution < -0.4 is 22.1 Å². The number of carbonyl (C=O) groups excluding carboxylic acids is 3. The molecule has 17 nitrogen and oxygen atoms in total. The Morgan fingerprint density at radius 2 is 1.08 bits per heavy atom. The summed E-state index contributed by atoms with van der Waals surface area (Å²) in [5.74, 6) is -1.15. The van der Waals surface area contributed by atoms with E-state index in [0.29, 0.717) is 97.5 Å². The Kier molecular flexibility index (Phi) is 19.3. The lowest BCUT2D eigenvalue weighted by atomic mass is 10.0. The van der Waals surface area contributed by atoms with Crippen LogP contribution in [0.1, 0.15) is 118 Å². The molecule has 19 heteroatoms. The molecule has 75 heavy (non-hydrogen) atoms. The van der Waals surface area contributed by atoms with Crippen molar-refractivity contribution in [2.75, 3.05) is 31.8 Å². The molecular formula is C56H58Cl2N10O7. The number of aromatic nitrogens is 6. The minimum Gasteiger partial charge on any atom is -0.478 e. The maximum Gasteiger partial charge on any atom is 0.340 e. The third kappa shape index (κ3) is 14.8. The van der Waals surface area contributed by atoms with Gasteiger partial charge in [0.25, 0.3) is 11.8 Å². The van der Waals surface area contributed by atoms with Crippen LogP contribution in [-0.4, -0.2) is 79.1 Å². The van der Waals surface area contributed by atoms with E-state index in [9.17, 15) is 24.3 Å². The van der Waals surface area contributed by atoms with Crippen molar-refractivity contribution >= 4 is 80.4 Å². The first-order chi connectivity index (χ1) is 35.5. The number of ether oxygens (including phenoxy) is 2. The molecule has 8 aromatic rings. The number of anilines is 2. The number of halogens is 2. The van der Waals surface area contributed by atoms with Crippen molar-refractivity contribution in [2.45, 2.75) is 73.9 Å². The second kappa shape index (κ2) is 25.7. The van der Waals surface area contributed by atoms with Crippen molar-refractivity contribution in [3.05, 3.63) is 186 Å². The monoisotopic (exact) mass is 1050 g/mol. The lowest BCUT2D eigenvalue weighted by molar-refractivity contribution is 0.0601. The predicted octanol–water partition coefficient (Wildman–Crippen LogP) is 9.71. The Morgan fingerprint density at radius 3 is 1.48 bits per heavy atom. The summed E-state index contributed by atoms with van der Waals surface area (Å²) >= 11 is 12.2. The summed E-state index contributed by atoms with van der Waals surface area (Å²) in [5, 5.41) is 17.7. The van der Waals surface area contributed by atoms with E-state index in [1.807, 2.05) is 39.8 Å². The van der Waals surface area contributed by atoms with Crippen molar-refractivity contribution in [1.29, 1.82) is 0 Å². The van der Waals surface area contributed by atoms with Crippen molar-refractivity contribution < 1.29 is 33.8 Å². The largest absolute Gasteiger partial charge is 0.478 e. The van der Waals surface area contributed by atoms with E-state index in [0.717, 1.165) is 58.0 Å². The number of benzene rings is 2. The highest BCUT2D eigenvalue weighted by atomic mass is 35.5. The molecule has 0 spiro atoms. The second-order valence-electron chi connectivity index (χ2n) is 17.5. The van der Waals surface area contributed by atoms with Crippen LogP contribution in [-0.2, 0) is 35.4 Å². The molecular weight excluding hydrogens is 996 g/mol. The van der Waals surface area contributed by atoms with E-state index in [1.165, 1.54) is 32.3 Å². The number of fused-ring (bicyclic) bond motifs is 2.